The van der Waals surface area contributed by atoms with Crippen molar-refractivity contribution in [2.24, 2.45) is 0 Å². The lowest BCUT2D eigenvalue weighted by Gasteiger charge is -2.19. The average molecular weight is 260 g/mol. The molecular formula is C12H20O4S. The molecule has 2 aliphatic rings. The van der Waals surface area contributed by atoms with Gasteiger partial charge in [-0.15, -0.1) is 0 Å². The van der Waals surface area contributed by atoms with Gasteiger partial charge in [-0.1, -0.05) is 0 Å². The van der Waals surface area contributed by atoms with Crippen LogP contribution in [0.25, 0.3) is 0 Å². The summed E-state index contributed by atoms with van der Waals surface area (Å²) >= 11 is 1.95. The van der Waals surface area contributed by atoms with Gasteiger partial charge < -0.3 is 18.9 Å². The average Bonchev–Trinajstić information content (AvgIpc) is 3.18. The van der Waals surface area contributed by atoms with E-state index in [0.29, 0.717) is 26.4 Å². The molecule has 0 aromatic carbocycles. The molecule has 2 heterocycles. The molecule has 5 heteroatoms. The molecule has 98 valence electrons. The van der Waals surface area contributed by atoms with Crippen molar-refractivity contribution in [2.75, 3.05) is 38.8 Å². The van der Waals surface area contributed by atoms with E-state index in [0.717, 1.165) is 24.7 Å². The minimum Gasteiger partial charge on any atom is -0.473 e. The van der Waals surface area contributed by atoms with Gasteiger partial charge in [-0.25, -0.2) is 0 Å². The highest BCUT2D eigenvalue weighted by Gasteiger charge is 2.21. The van der Waals surface area contributed by atoms with Crippen LogP contribution >= 0.6 is 11.8 Å². The Hall–Kier alpha value is -0.230. The second-order valence-corrected chi connectivity index (χ2v) is 5.36. The highest BCUT2D eigenvalue weighted by Crippen LogP contribution is 2.29. The van der Waals surface area contributed by atoms with Crippen molar-refractivity contribution in [3.8, 4) is 0 Å². The number of rotatable bonds is 9. The molecule has 2 rings (SSSR count). The maximum absolute atomic E-state index is 5.50. The van der Waals surface area contributed by atoms with E-state index in [2.05, 4.69) is 0 Å². The lowest BCUT2D eigenvalue weighted by molar-refractivity contribution is -0.127. The number of hydrogen-bond acceptors (Lipinski definition) is 5. The molecule has 1 fully saturated rings. The van der Waals surface area contributed by atoms with Crippen LogP contribution < -0.4 is 0 Å². The van der Waals surface area contributed by atoms with E-state index in [4.69, 9.17) is 18.9 Å². The summed E-state index contributed by atoms with van der Waals surface area (Å²) in [5, 5.41) is 0.745. The molecule has 0 amide bonds. The fraction of sp³-hybridized carbons (Fsp3) is 0.833. The molecule has 2 aliphatic heterocycles. The molecule has 1 saturated heterocycles. The number of thioether (sulfide) groups is 1. The standard InChI is InChI=1S/C12H20O4S/c1-2-4-15-12(3-1)16-8-7-13-5-6-14-9-11-10-17-11/h2,4,11-12H,1,3,5-10H2. The Kier molecular flexibility index (Phi) is 6.20. The van der Waals surface area contributed by atoms with E-state index in [1.807, 2.05) is 17.8 Å². The first-order valence-electron chi connectivity index (χ1n) is 6.14. The molecule has 4 nitrogen and oxygen atoms in total. The molecule has 0 aliphatic carbocycles. The Bertz CT molecular complexity index is 231. The summed E-state index contributed by atoms with van der Waals surface area (Å²) in [6.07, 6.45) is 5.58. The smallest absolute Gasteiger partial charge is 0.199 e. The summed E-state index contributed by atoms with van der Waals surface area (Å²) < 4.78 is 21.6. The van der Waals surface area contributed by atoms with Gasteiger partial charge in [-0.05, 0) is 12.5 Å². The van der Waals surface area contributed by atoms with Crippen LogP contribution in [0.1, 0.15) is 12.8 Å². The third-order valence-corrected chi connectivity index (χ3v) is 3.45. The van der Waals surface area contributed by atoms with Gasteiger partial charge in [0.15, 0.2) is 6.29 Å². The first-order chi connectivity index (χ1) is 8.45. The predicted octanol–water partition coefficient (Wildman–Crippen LogP) is 1.80. The third-order valence-electron chi connectivity index (χ3n) is 2.51. The first-order valence-corrected chi connectivity index (χ1v) is 7.19. The van der Waals surface area contributed by atoms with Crippen molar-refractivity contribution in [2.45, 2.75) is 24.4 Å². The molecule has 2 unspecified atom stereocenters. The summed E-state index contributed by atoms with van der Waals surface area (Å²) in [7, 11) is 0. The summed E-state index contributed by atoms with van der Waals surface area (Å²) in [5.41, 5.74) is 0. The summed E-state index contributed by atoms with van der Waals surface area (Å²) in [4.78, 5) is 0. The third kappa shape index (κ3) is 6.31. The van der Waals surface area contributed by atoms with E-state index >= 15 is 0 Å². The van der Waals surface area contributed by atoms with Crippen molar-refractivity contribution in [3.05, 3.63) is 12.3 Å². The molecule has 0 bridgehead atoms. The zero-order valence-electron chi connectivity index (χ0n) is 10.0. The fourth-order valence-corrected chi connectivity index (χ4v) is 1.90. The van der Waals surface area contributed by atoms with Crippen LogP contribution in [-0.2, 0) is 18.9 Å². The Balaban J connectivity index is 1.32. The molecule has 17 heavy (non-hydrogen) atoms. The van der Waals surface area contributed by atoms with Gasteiger partial charge in [0.2, 0.25) is 0 Å². The van der Waals surface area contributed by atoms with Crippen LogP contribution in [0, 0.1) is 0 Å². The highest BCUT2D eigenvalue weighted by molar-refractivity contribution is 8.06. The fourth-order valence-electron chi connectivity index (χ4n) is 1.47. The SMILES string of the molecule is C1=COC(OCCOCCOCC2CS2)CC1. The van der Waals surface area contributed by atoms with Crippen molar-refractivity contribution in [1.82, 2.24) is 0 Å². The second kappa shape index (κ2) is 7.97. The first kappa shape index (κ1) is 13.2. The highest BCUT2D eigenvalue weighted by atomic mass is 32.2. The van der Waals surface area contributed by atoms with Crippen LogP contribution in [0.2, 0.25) is 0 Å². The van der Waals surface area contributed by atoms with Crippen molar-refractivity contribution < 1.29 is 18.9 Å². The minimum absolute atomic E-state index is 0.0910. The predicted molar refractivity (Wildman–Crippen MR) is 67.1 cm³/mol. The zero-order valence-corrected chi connectivity index (χ0v) is 10.8. The molecule has 0 N–H and O–H groups in total. The number of hydrogen-bond donors (Lipinski definition) is 0. The lowest BCUT2D eigenvalue weighted by Crippen LogP contribution is -2.20. The maximum atomic E-state index is 5.50. The van der Waals surface area contributed by atoms with Gasteiger partial charge in [0.1, 0.15) is 0 Å². The van der Waals surface area contributed by atoms with Crippen LogP contribution in [0.15, 0.2) is 12.3 Å². The second-order valence-electron chi connectivity index (χ2n) is 4.03. The van der Waals surface area contributed by atoms with Gasteiger partial charge in [-0.3, -0.25) is 0 Å². The van der Waals surface area contributed by atoms with E-state index in [1.54, 1.807) is 6.26 Å². The van der Waals surface area contributed by atoms with Crippen molar-refractivity contribution >= 4 is 11.8 Å². The van der Waals surface area contributed by atoms with Gasteiger partial charge >= 0.3 is 0 Å². The normalized spacial score (nSPS) is 26.8. The van der Waals surface area contributed by atoms with E-state index in [-0.39, 0.29) is 6.29 Å². The van der Waals surface area contributed by atoms with E-state index < -0.39 is 0 Å². The summed E-state index contributed by atoms with van der Waals surface area (Å²) in [6, 6.07) is 0. The summed E-state index contributed by atoms with van der Waals surface area (Å²) in [5.74, 6) is 1.25. The maximum Gasteiger partial charge on any atom is 0.199 e. The minimum atomic E-state index is -0.0910. The number of allylic oxidation sites excluding steroid dienone is 1. The molecular weight excluding hydrogens is 240 g/mol. The molecule has 2 atom stereocenters. The molecule has 0 radical (unpaired) electrons. The van der Waals surface area contributed by atoms with E-state index in [1.165, 1.54) is 5.75 Å². The zero-order chi connectivity index (χ0) is 11.8. The Labute approximate surface area is 107 Å². The lowest BCUT2D eigenvalue weighted by atomic mass is 10.3. The van der Waals surface area contributed by atoms with Crippen molar-refractivity contribution in [3.63, 3.8) is 0 Å². The van der Waals surface area contributed by atoms with Crippen LogP contribution in [0.3, 0.4) is 0 Å². The topological polar surface area (TPSA) is 36.9 Å². The molecule has 0 spiro atoms. The summed E-state index contributed by atoms with van der Waals surface area (Å²) in [6.45, 7) is 3.38. The molecule has 0 aromatic rings. The van der Waals surface area contributed by atoms with Gasteiger partial charge in [-0.2, -0.15) is 11.8 Å². The largest absolute Gasteiger partial charge is 0.473 e. The van der Waals surface area contributed by atoms with E-state index in [9.17, 15) is 0 Å². The Morgan fingerprint density at radius 3 is 2.76 bits per heavy atom. The van der Waals surface area contributed by atoms with Gasteiger partial charge in [0, 0.05) is 17.4 Å². The molecule has 0 saturated carbocycles. The van der Waals surface area contributed by atoms with Gasteiger partial charge in [0.25, 0.3) is 0 Å². The number of ether oxygens (including phenoxy) is 4. The quantitative estimate of drug-likeness (QED) is 0.467. The van der Waals surface area contributed by atoms with Crippen LogP contribution in [0.5, 0.6) is 0 Å². The molecule has 0 aromatic heterocycles. The monoisotopic (exact) mass is 260 g/mol. The van der Waals surface area contributed by atoms with Crippen LogP contribution in [0.4, 0.5) is 0 Å². The van der Waals surface area contributed by atoms with Crippen LogP contribution in [-0.4, -0.2) is 50.3 Å². The Morgan fingerprint density at radius 2 is 2.00 bits per heavy atom. The van der Waals surface area contributed by atoms with Crippen molar-refractivity contribution in [1.29, 1.82) is 0 Å². The Morgan fingerprint density at radius 1 is 1.18 bits per heavy atom. The van der Waals surface area contributed by atoms with Gasteiger partial charge in [0.05, 0.1) is 39.3 Å².